The van der Waals surface area contributed by atoms with Gasteiger partial charge in [-0.3, -0.25) is 9.36 Å². The zero-order valence-corrected chi connectivity index (χ0v) is 16.1. The molecule has 28 heavy (non-hydrogen) atoms. The number of hydrogen-bond donors (Lipinski definition) is 1. The minimum absolute atomic E-state index is 0.0274. The van der Waals surface area contributed by atoms with Crippen LogP contribution in [-0.2, 0) is 34.3 Å². The fraction of sp³-hybridized carbons (Fsp3) is 0.350. The summed E-state index contributed by atoms with van der Waals surface area (Å²) in [6.45, 7) is 4.16. The van der Waals surface area contributed by atoms with Gasteiger partial charge in [0.25, 0.3) is 5.56 Å². The smallest absolute Gasteiger partial charge is 0.354 e. The molecule has 0 unspecified atom stereocenters. The second kappa shape index (κ2) is 7.85. The lowest BCUT2D eigenvalue weighted by molar-refractivity contribution is -0.142. The Morgan fingerprint density at radius 2 is 1.93 bits per heavy atom. The maximum absolute atomic E-state index is 12.8. The van der Waals surface area contributed by atoms with E-state index in [4.69, 9.17) is 15.2 Å². The van der Waals surface area contributed by atoms with Gasteiger partial charge in [0, 0.05) is 19.2 Å². The average molecular weight is 385 g/mol. The van der Waals surface area contributed by atoms with Crippen molar-refractivity contribution in [2.45, 2.75) is 33.0 Å². The Hall–Kier alpha value is -3.13. The molecule has 8 nitrogen and oxygen atoms in total. The summed E-state index contributed by atoms with van der Waals surface area (Å²) in [4.78, 5) is 37.3. The highest BCUT2D eigenvalue weighted by Gasteiger charge is 2.21. The number of nitrogens with zero attached hydrogens (tertiary/aromatic N) is 2. The first-order valence-electron chi connectivity index (χ1n) is 8.99. The highest BCUT2D eigenvalue weighted by Crippen LogP contribution is 2.14. The predicted molar refractivity (Wildman–Crippen MR) is 104 cm³/mol. The molecule has 0 bridgehead atoms. The molecule has 1 aliphatic heterocycles. The second-order valence-corrected chi connectivity index (χ2v) is 6.86. The van der Waals surface area contributed by atoms with E-state index in [1.54, 1.807) is 45.2 Å². The molecule has 148 valence electrons. The number of hydrogen-bond acceptors (Lipinski definition) is 6. The van der Waals surface area contributed by atoms with Crippen molar-refractivity contribution in [3.63, 3.8) is 0 Å². The van der Waals surface area contributed by atoms with Gasteiger partial charge in [0.15, 0.2) is 0 Å². The number of benzene rings is 1. The van der Waals surface area contributed by atoms with Crippen LogP contribution in [-0.4, -0.2) is 27.8 Å². The van der Waals surface area contributed by atoms with Crippen LogP contribution in [0.4, 0.5) is 0 Å². The van der Waals surface area contributed by atoms with E-state index in [0.717, 1.165) is 4.57 Å². The SMILES string of the molecule is CC(C)OC(=O)/C(N)=C\c1ccc(-n2c(=O)c3c(n(C)c2=O)CCOC3)cc1. The molecule has 2 heterocycles. The van der Waals surface area contributed by atoms with Crippen molar-refractivity contribution in [1.82, 2.24) is 9.13 Å². The van der Waals surface area contributed by atoms with Gasteiger partial charge in [-0.1, -0.05) is 12.1 Å². The average Bonchev–Trinajstić information content (AvgIpc) is 2.67. The molecule has 1 aliphatic rings. The van der Waals surface area contributed by atoms with Crippen LogP contribution in [0.2, 0.25) is 0 Å². The van der Waals surface area contributed by atoms with Gasteiger partial charge in [0.05, 0.1) is 30.6 Å². The molecule has 2 aromatic rings. The Morgan fingerprint density at radius 1 is 1.25 bits per heavy atom. The van der Waals surface area contributed by atoms with E-state index in [9.17, 15) is 14.4 Å². The lowest BCUT2D eigenvalue weighted by Crippen LogP contribution is -2.43. The Morgan fingerprint density at radius 3 is 2.57 bits per heavy atom. The van der Waals surface area contributed by atoms with E-state index >= 15 is 0 Å². The molecule has 0 amide bonds. The summed E-state index contributed by atoms with van der Waals surface area (Å²) in [6.07, 6.45) is 1.75. The van der Waals surface area contributed by atoms with E-state index in [0.29, 0.717) is 35.5 Å². The Kier molecular flexibility index (Phi) is 5.51. The van der Waals surface area contributed by atoms with Crippen LogP contribution in [0.25, 0.3) is 11.8 Å². The number of nitrogens with two attached hydrogens (primary N) is 1. The molecule has 2 N–H and O–H groups in total. The summed E-state index contributed by atoms with van der Waals surface area (Å²) in [6, 6.07) is 6.61. The van der Waals surface area contributed by atoms with Crippen LogP contribution in [0, 0.1) is 0 Å². The highest BCUT2D eigenvalue weighted by molar-refractivity contribution is 5.92. The number of rotatable bonds is 4. The molecule has 0 aliphatic carbocycles. The molecule has 0 atom stereocenters. The third kappa shape index (κ3) is 3.77. The van der Waals surface area contributed by atoms with E-state index in [1.165, 1.54) is 10.6 Å². The Labute approximate surface area is 161 Å². The van der Waals surface area contributed by atoms with Crippen LogP contribution in [0.3, 0.4) is 0 Å². The lowest BCUT2D eigenvalue weighted by atomic mass is 10.1. The van der Waals surface area contributed by atoms with Crippen LogP contribution in [0.5, 0.6) is 0 Å². The molecular weight excluding hydrogens is 362 g/mol. The maximum Gasteiger partial charge on any atom is 0.354 e. The minimum Gasteiger partial charge on any atom is -0.458 e. The lowest BCUT2D eigenvalue weighted by Gasteiger charge is -2.20. The Balaban J connectivity index is 1.97. The summed E-state index contributed by atoms with van der Waals surface area (Å²) < 4.78 is 13.0. The standard InChI is InChI=1S/C20H23N3O5/c1-12(2)28-19(25)16(21)10-13-4-6-14(7-5-13)23-18(24)15-11-27-9-8-17(15)22(3)20(23)26/h4-7,10,12H,8-9,11,21H2,1-3H3/b16-10+. The number of carbonyl (C=O) groups is 1. The van der Waals surface area contributed by atoms with Gasteiger partial charge >= 0.3 is 11.7 Å². The maximum atomic E-state index is 12.8. The van der Waals surface area contributed by atoms with Crippen molar-refractivity contribution < 1.29 is 14.3 Å². The molecular formula is C20H23N3O5. The van der Waals surface area contributed by atoms with E-state index < -0.39 is 11.7 Å². The van der Waals surface area contributed by atoms with Crippen LogP contribution < -0.4 is 17.0 Å². The van der Waals surface area contributed by atoms with Crippen molar-refractivity contribution in [2.24, 2.45) is 12.8 Å². The summed E-state index contributed by atoms with van der Waals surface area (Å²) in [5.74, 6) is -0.598. The van der Waals surface area contributed by atoms with E-state index in [2.05, 4.69) is 0 Å². The van der Waals surface area contributed by atoms with Gasteiger partial charge in [-0.15, -0.1) is 0 Å². The molecule has 0 saturated heterocycles. The largest absolute Gasteiger partial charge is 0.458 e. The monoisotopic (exact) mass is 385 g/mol. The fourth-order valence-corrected chi connectivity index (χ4v) is 3.09. The van der Waals surface area contributed by atoms with Gasteiger partial charge in [0.2, 0.25) is 0 Å². The summed E-state index contributed by atoms with van der Waals surface area (Å²) in [5.41, 5.74) is 7.24. The second-order valence-electron chi connectivity index (χ2n) is 6.86. The first-order chi connectivity index (χ1) is 13.3. The van der Waals surface area contributed by atoms with E-state index in [-0.39, 0.29) is 24.0 Å². The van der Waals surface area contributed by atoms with Crippen molar-refractivity contribution in [3.8, 4) is 5.69 Å². The van der Waals surface area contributed by atoms with Gasteiger partial charge < -0.3 is 15.2 Å². The number of fused-ring (bicyclic) bond motifs is 1. The first kappa shape index (κ1) is 19.6. The van der Waals surface area contributed by atoms with Gasteiger partial charge in [-0.05, 0) is 37.6 Å². The van der Waals surface area contributed by atoms with E-state index in [1.807, 2.05) is 0 Å². The molecule has 1 aromatic heterocycles. The summed E-state index contributed by atoms with van der Waals surface area (Å²) in [5, 5.41) is 0. The third-order valence-electron chi connectivity index (χ3n) is 4.47. The number of esters is 1. The quantitative estimate of drug-likeness (QED) is 0.618. The fourth-order valence-electron chi connectivity index (χ4n) is 3.09. The van der Waals surface area contributed by atoms with Gasteiger partial charge in [-0.2, -0.15) is 0 Å². The Bertz CT molecular complexity index is 1050. The topological polar surface area (TPSA) is 106 Å². The molecule has 3 rings (SSSR count). The highest BCUT2D eigenvalue weighted by atomic mass is 16.5. The number of carbonyl (C=O) groups excluding carboxylic acids is 1. The van der Waals surface area contributed by atoms with Crippen molar-refractivity contribution >= 4 is 12.0 Å². The molecule has 8 heteroatoms. The number of aromatic nitrogens is 2. The van der Waals surface area contributed by atoms with Gasteiger partial charge in [0.1, 0.15) is 5.70 Å². The zero-order chi connectivity index (χ0) is 20.4. The van der Waals surface area contributed by atoms with Crippen LogP contribution in [0.1, 0.15) is 30.7 Å². The first-order valence-corrected chi connectivity index (χ1v) is 8.99. The normalized spacial score (nSPS) is 14.1. The van der Waals surface area contributed by atoms with Crippen LogP contribution >= 0.6 is 0 Å². The number of ether oxygens (including phenoxy) is 2. The molecule has 1 aromatic carbocycles. The minimum atomic E-state index is -0.598. The molecule has 0 saturated carbocycles. The third-order valence-corrected chi connectivity index (χ3v) is 4.47. The summed E-state index contributed by atoms with van der Waals surface area (Å²) in [7, 11) is 1.65. The van der Waals surface area contributed by atoms with Crippen molar-refractivity contribution in [1.29, 1.82) is 0 Å². The molecule has 0 spiro atoms. The summed E-state index contributed by atoms with van der Waals surface area (Å²) >= 11 is 0. The molecule has 0 radical (unpaired) electrons. The molecule has 0 fully saturated rings. The van der Waals surface area contributed by atoms with Crippen molar-refractivity contribution in [3.05, 3.63) is 67.6 Å². The van der Waals surface area contributed by atoms with Gasteiger partial charge in [-0.25, -0.2) is 14.2 Å². The predicted octanol–water partition coefficient (Wildman–Crippen LogP) is 0.860. The van der Waals surface area contributed by atoms with Crippen molar-refractivity contribution in [2.75, 3.05) is 6.61 Å². The van der Waals surface area contributed by atoms with Crippen LogP contribution in [0.15, 0.2) is 39.6 Å². The zero-order valence-electron chi connectivity index (χ0n) is 16.1.